The van der Waals surface area contributed by atoms with Gasteiger partial charge in [0.2, 0.25) is 0 Å². The summed E-state index contributed by atoms with van der Waals surface area (Å²) in [6.07, 6.45) is 1.17. The topological polar surface area (TPSA) is 23.6 Å². The summed E-state index contributed by atoms with van der Waals surface area (Å²) in [6, 6.07) is 5.52. The van der Waals surface area contributed by atoms with Gasteiger partial charge in [0.25, 0.3) is 5.91 Å². The highest BCUT2D eigenvalue weighted by Crippen LogP contribution is 2.20. The van der Waals surface area contributed by atoms with Crippen LogP contribution < -0.4 is 0 Å². The molecular weight excluding hydrogens is 375 g/mol. The SMILES string of the molecule is CCCN1CCN(C(=O)c2ccc(I)c(Cl)c2)CC1. The minimum atomic E-state index is 0.0921. The number of benzene rings is 1. The first-order valence-corrected chi connectivity index (χ1v) is 8.04. The zero-order valence-corrected chi connectivity index (χ0v) is 13.9. The second-order valence-corrected chi connectivity index (χ2v) is 6.33. The van der Waals surface area contributed by atoms with Crippen LogP contribution in [0, 0.1) is 3.57 Å². The van der Waals surface area contributed by atoms with Crippen LogP contribution in [0.5, 0.6) is 0 Å². The van der Waals surface area contributed by atoms with E-state index in [0.717, 1.165) is 36.3 Å². The van der Waals surface area contributed by atoms with Crippen LogP contribution in [0.1, 0.15) is 23.7 Å². The molecule has 0 bridgehead atoms. The Morgan fingerprint density at radius 1 is 1.32 bits per heavy atom. The molecular formula is C14H18ClIN2O. The number of nitrogens with zero attached hydrogens (tertiary/aromatic N) is 2. The molecule has 3 nitrogen and oxygen atoms in total. The Hall–Kier alpha value is -0.330. The third-order valence-corrected chi connectivity index (χ3v) is 4.94. The third-order valence-electron chi connectivity index (χ3n) is 3.37. The van der Waals surface area contributed by atoms with Gasteiger partial charge in [0.15, 0.2) is 0 Å². The summed E-state index contributed by atoms with van der Waals surface area (Å²) in [6.45, 7) is 6.86. The molecule has 19 heavy (non-hydrogen) atoms. The van der Waals surface area contributed by atoms with E-state index >= 15 is 0 Å². The van der Waals surface area contributed by atoms with Gasteiger partial charge in [-0.3, -0.25) is 9.69 Å². The lowest BCUT2D eigenvalue weighted by molar-refractivity contribution is 0.0637. The molecule has 0 N–H and O–H groups in total. The van der Waals surface area contributed by atoms with Crippen LogP contribution in [0.4, 0.5) is 0 Å². The smallest absolute Gasteiger partial charge is 0.253 e. The van der Waals surface area contributed by atoms with Crippen molar-refractivity contribution in [3.05, 3.63) is 32.4 Å². The van der Waals surface area contributed by atoms with E-state index in [1.54, 1.807) is 6.07 Å². The number of amides is 1. The second kappa shape index (κ2) is 6.90. The number of hydrogen-bond donors (Lipinski definition) is 0. The molecule has 1 heterocycles. The lowest BCUT2D eigenvalue weighted by Crippen LogP contribution is -2.48. The number of piperazine rings is 1. The molecule has 1 fully saturated rings. The van der Waals surface area contributed by atoms with Gasteiger partial charge in [0, 0.05) is 35.3 Å². The maximum absolute atomic E-state index is 12.4. The number of carbonyl (C=O) groups is 1. The average Bonchev–Trinajstić information content (AvgIpc) is 2.42. The van der Waals surface area contributed by atoms with Crippen LogP contribution in [0.3, 0.4) is 0 Å². The number of halogens is 2. The van der Waals surface area contributed by atoms with Crippen molar-refractivity contribution in [3.63, 3.8) is 0 Å². The minimum Gasteiger partial charge on any atom is -0.336 e. The molecule has 0 saturated carbocycles. The van der Waals surface area contributed by atoms with Gasteiger partial charge in [0.1, 0.15) is 0 Å². The fourth-order valence-corrected chi connectivity index (χ4v) is 2.82. The lowest BCUT2D eigenvalue weighted by Gasteiger charge is -2.34. The molecule has 1 saturated heterocycles. The van der Waals surface area contributed by atoms with Gasteiger partial charge >= 0.3 is 0 Å². The van der Waals surface area contributed by atoms with Crippen LogP contribution in [0.25, 0.3) is 0 Å². The van der Waals surface area contributed by atoms with Crippen LogP contribution in [-0.2, 0) is 0 Å². The highest BCUT2D eigenvalue weighted by molar-refractivity contribution is 14.1. The van der Waals surface area contributed by atoms with Crippen molar-refractivity contribution < 1.29 is 4.79 Å². The molecule has 1 aliphatic heterocycles. The summed E-state index contributed by atoms with van der Waals surface area (Å²) in [4.78, 5) is 16.7. The molecule has 0 radical (unpaired) electrons. The average molecular weight is 393 g/mol. The Labute approximate surface area is 133 Å². The Kier molecular flexibility index (Phi) is 5.47. The molecule has 1 amide bonds. The maximum Gasteiger partial charge on any atom is 0.253 e. The van der Waals surface area contributed by atoms with Crippen LogP contribution in [0.2, 0.25) is 5.02 Å². The van der Waals surface area contributed by atoms with Crippen molar-refractivity contribution in [1.82, 2.24) is 9.80 Å². The van der Waals surface area contributed by atoms with Crippen molar-refractivity contribution in [1.29, 1.82) is 0 Å². The molecule has 0 atom stereocenters. The van der Waals surface area contributed by atoms with E-state index in [-0.39, 0.29) is 5.91 Å². The zero-order chi connectivity index (χ0) is 13.8. The summed E-state index contributed by atoms with van der Waals surface area (Å²) < 4.78 is 0.976. The predicted octanol–water partition coefficient (Wildman–Crippen LogP) is 3.11. The van der Waals surface area contributed by atoms with Crippen LogP contribution in [-0.4, -0.2) is 48.4 Å². The molecule has 1 aliphatic rings. The van der Waals surface area contributed by atoms with E-state index in [9.17, 15) is 4.79 Å². The van der Waals surface area contributed by atoms with Gasteiger partial charge in [0.05, 0.1) is 5.02 Å². The molecule has 0 aliphatic carbocycles. The highest BCUT2D eigenvalue weighted by atomic mass is 127. The van der Waals surface area contributed by atoms with E-state index in [2.05, 4.69) is 34.4 Å². The van der Waals surface area contributed by atoms with Gasteiger partial charge < -0.3 is 4.90 Å². The predicted molar refractivity (Wildman–Crippen MR) is 86.8 cm³/mol. The van der Waals surface area contributed by atoms with Crippen LogP contribution >= 0.6 is 34.2 Å². The van der Waals surface area contributed by atoms with E-state index in [4.69, 9.17) is 11.6 Å². The highest BCUT2D eigenvalue weighted by Gasteiger charge is 2.21. The summed E-state index contributed by atoms with van der Waals surface area (Å²) in [5, 5.41) is 0.649. The van der Waals surface area contributed by atoms with E-state index in [1.807, 2.05) is 17.0 Å². The Balaban J connectivity index is 1.99. The van der Waals surface area contributed by atoms with Crippen molar-refractivity contribution in [3.8, 4) is 0 Å². The molecule has 104 valence electrons. The molecule has 0 spiro atoms. The van der Waals surface area contributed by atoms with Crippen molar-refractivity contribution in [2.24, 2.45) is 0 Å². The molecule has 1 aromatic carbocycles. The van der Waals surface area contributed by atoms with Crippen molar-refractivity contribution in [2.45, 2.75) is 13.3 Å². The zero-order valence-electron chi connectivity index (χ0n) is 11.0. The molecule has 0 unspecified atom stereocenters. The van der Waals surface area contributed by atoms with E-state index in [0.29, 0.717) is 10.6 Å². The largest absolute Gasteiger partial charge is 0.336 e. The monoisotopic (exact) mass is 392 g/mol. The molecule has 0 aromatic heterocycles. The Bertz CT molecular complexity index is 459. The number of carbonyl (C=O) groups excluding carboxylic acids is 1. The minimum absolute atomic E-state index is 0.0921. The number of hydrogen-bond acceptors (Lipinski definition) is 2. The van der Waals surface area contributed by atoms with E-state index in [1.165, 1.54) is 6.42 Å². The van der Waals surface area contributed by atoms with Gasteiger partial charge in [-0.1, -0.05) is 18.5 Å². The first kappa shape index (κ1) is 15.1. The summed E-state index contributed by atoms with van der Waals surface area (Å²) in [5.41, 5.74) is 0.689. The number of rotatable bonds is 3. The standard InChI is InChI=1S/C14H18ClIN2O/c1-2-5-17-6-8-18(9-7-17)14(19)11-3-4-13(16)12(15)10-11/h3-4,10H,2,5-9H2,1H3. The third kappa shape index (κ3) is 3.83. The summed E-state index contributed by atoms with van der Waals surface area (Å²) in [5.74, 6) is 0.0921. The quantitative estimate of drug-likeness (QED) is 0.738. The van der Waals surface area contributed by atoms with Crippen molar-refractivity contribution >= 4 is 40.1 Å². The summed E-state index contributed by atoms with van der Waals surface area (Å²) in [7, 11) is 0. The molecule has 2 rings (SSSR count). The Morgan fingerprint density at radius 2 is 2.00 bits per heavy atom. The molecule has 1 aromatic rings. The Morgan fingerprint density at radius 3 is 2.58 bits per heavy atom. The second-order valence-electron chi connectivity index (χ2n) is 4.76. The van der Waals surface area contributed by atoms with Gasteiger partial charge in [-0.15, -0.1) is 0 Å². The van der Waals surface area contributed by atoms with E-state index < -0.39 is 0 Å². The van der Waals surface area contributed by atoms with Gasteiger partial charge in [-0.2, -0.15) is 0 Å². The summed E-state index contributed by atoms with van der Waals surface area (Å²) >= 11 is 8.24. The fraction of sp³-hybridized carbons (Fsp3) is 0.500. The lowest BCUT2D eigenvalue weighted by atomic mass is 10.2. The normalized spacial score (nSPS) is 16.7. The molecule has 5 heteroatoms. The van der Waals surface area contributed by atoms with Crippen molar-refractivity contribution in [2.75, 3.05) is 32.7 Å². The van der Waals surface area contributed by atoms with Crippen LogP contribution in [0.15, 0.2) is 18.2 Å². The first-order valence-electron chi connectivity index (χ1n) is 6.58. The maximum atomic E-state index is 12.4. The first-order chi connectivity index (χ1) is 9.11. The van der Waals surface area contributed by atoms with Gasteiger partial charge in [-0.05, 0) is 53.8 Å². The van der Waals surface area contributed by atoms with Gasteiger partial charge in [-0.25, -0.2) is 0 Å². The fourth-order valence-electron chi connectivity index (χ4n) is 2.30.